The van der Waals surface area contributed by atoms with Crippen LogP contribution in [-0.4, -0.2) is 53.9 Å². The quantitative estimate of drug-likeness (QED) is 0.674. The molecule has 4 rings (SSSR count). The molecule has 1 N–H and O–H groups in total. The molecule has 0 aliphatic carbocycles. The molecule has 30 heavy (non-hydrogen) atoms. The Labute approximate surface area is 178 Å². The Hall–Kier alpha value is -3.00. The fourth-order valence-corrected chi connectivity index (χ4v) is 4.71. The summed E-state index contributed by atoms with van der Waals surface area (Å²) in [4.78, 5) is 33.0. The lowest BCUT2D eigenvalue weighted by atomic mass is 9.97. The molecule has 0 spiro atoms. The molecule has 3 amide bonds. The number of likely N-dealkylation sites (tertiary alicyclic amines) is 1. The highest BCUT2D eigenvalue weighted by Crippen LogP contribution is 2.35. The second-order valence-corrected chi connectivity index (χ2v) is 8.66. The summed E-state index contributed by atoms with van der Waals surface area (Å²) >= 11 is 1.45. The Morgan fingerprint density at radius 2 is 2.03 bits per heavy atom. The van der Waals surface area contributed by atoms with E-state index in [4.69, 9.17) is 0 Å². The van der Waals surface area contributed by atoms with E-state index in [1.54, 1.807) is 30.0 Å². The molecule has 1 atom stereocenters. The topological polar surface area (TPSA) is 65.5 Å². The van der Waals surface area contributed by atoms with Crippen molar-refractivity contribution in [3.8, 4) is 10.6 Å². The van der Waals surface area contributed by atoms with Gasteiger partial charge in [0.25, 0.3) is 0 Å². The maximum Gasteiger partial charge on any atom is 0.321 e. The van der Waals surface area contributed by atoms with Crippen LogP contribution in [0.15, 0.2) is 42.5 Å². The molecule has 0 radical (unpaired) electrons. The van der Waals surface area contributed by atoms with Crippen LogP contribution in [0.3, 0.4) is 0 Å². The summed E-state index contributed by atoms with van der Waals surface area (Å²) in [6.07, 6.45) is 1.54. The van der Waals surface area contributed by atoms with E-state index in [1.807, 2.05) is 24.3 Å². The minimum Gasteiger partial charge on any atom is -0.349 e. The molecule has 1 unspecified atom stereocenters. The highest BCUT2D eigenvalue weighted by Gasteiger charge is 2.29. The highest BCUT2D eigenvalue weighted by molar-refractivity contribution is 7.21. The fraction of sp³-hybridized carbons (Fsp3) is 0.318. The normalized spacial score (nSPS) is 16.5. The van der Waals surface area contributed by atoms with Crippen molar-refractivity contribution in [1.82, 2.24) is 14.8 Å². The zero-order valence-corrected chi connectivity index (χ0v) is 17.7. The number of halogens is 1. The van der Waals surface area contributed by atoms with Gasteiger partial charge in [0.1, 0.15) is 10.8 Å². The lowest BCUT2D eigenvalue weighted by molar-refractivity contribution is -0.134. The van der Waals surface area contributed by atoms with Gasteiger partial charge in [0.15, 0.2) is 0 Å². The van der Waals surface area contributed by atoms with Crippen LogP contribution in [0.5, 0.6) is 0 Å². The molecule has 2 aromatic carbocycles. The van der Waals surface area contributed by atoms with Crippen LogP contribution in [0.25, 0.3) is 20.8 Å². The smallest absolute Gasteiger partial charge is 0.321 e. The van der Waals surface area contributed by atoms with Gasteiger partial charge in [0, 0.05) is 32.7 Å². The predicted octanol–water partition coefficient (Wildman–Crippen LogP) is 4.43. The molecule has 0 bridgehead atoms. The molecule has 0 saturated carbocycles. The Bertz CT molecular complexity index is 1060. The molecule has 1 saturated heterocycles. The van der Waals surface area contributed by atoms with Gasteiger partial charge >= 0.3 is 6.03 Å². The van der Waals surface area contributed by atoms with Crippen LogP contribution in [-0.2, 0) is 4.79 Å². The van der Waals surface area contributed by atoms with Crippen molar-refractivity contribution in [2.24, 2.45) is 5.92 Å². The number of urea groups is 1. The number of benzene rings is 2. The maximum absolute atomic E-state index is 14.0. The van der Waals surface area contributed by atoms with Crippen molar-refractivity contribution >= 4 is 39.2 Å². The number of aromatic nitrogens is 1. The molecule has 8 heteroatoms. The van der Waals surface area contributed by atoms with Gasteiger partial charge in [0.05, 0.1) is 21.8 Å². The number of hydrogen-bond acceptors (Lipinski definition) is 4. The SMILES string of the molecule is CN(C)C(=O)C1CCCN(C(=O)Nc2ccc(F)cc2-c2nc3ccccc3s2)C1. The average molecular weight is 427 g/mol. The minimum atomic E-state index is -0.392. The molecule has 2 heterocycles. The maximum atomic E-state index is 14.0. The van der Waals surface area contributed by atoms with Gasteiger partial charge in [0.2, 0.25) is 5.91 Å². The van der Waals surface area contributed by atoms with Crippen LogP contribution in [0, 0.1) is 11.7 Å². The number of rotatable bonds is 3. The minimum absolute atomic E-state index is 0.0319. The third-order valence-electron chi connectivity index (χ3n) is 5.25. The first kappa shape index (κ1) is 20.3. The van der Waals surface area contributed by atoms with Gasteiger partial charge < -0.3 is 15.1 Å². The van der Waals surface area contributed by atoms with Crippen molar-refractivity contribution in [1.29, 1.82) is 0 Å². The number of piperidine rings is 1. The fourth-order valence-electron chi connectivity index (χ4n) is 3.71. The van der Waals surface area contributed by atoms with E-state index in [9.17, 15) is 14.0 Å². The van der Waals surface area contributed by atoms with Crippen molar-refractivity contribution in [3.63, 3.8) is 0 Å². The molecule has 1 aromatic heterocycles. The molecule has 156 valence electrons. The van der Waals surface area contributed by atoms with Gasteiger partial charge in [-0.25, -0.2) is 14.2 Å². The number of hydrogen-bond donors (Lipinski definition) is 1. The van der Waals surface area contributed by atoms with Crippen LogP contribution in [0.4, 0.5) is 14.9 Å². The van der Waals surface area contributed by atoms with Crippen molar-refractivity contribution in [2.45, 2.75) is 12.8 Å². The van der Waals surface area contributed by atoms with E-state index in [-0.39, 0.29) is 17.9 Å². The predicted molar refractivity (Wildman–Crippen MR) is 117 cm³/mol. The second kappa shape index (κ2) is 8.39. The monoisotopic (exact) mass is 426 g/mol. The standard InChI is InChI=1S/C22H23FN4O2S/c1-26(2)21(28)14-6-5-11-27(13-14)22(29)25-17-10-9-15(23)12-16(17)20-24-18-7-3-4-8-19(18)30-20/h3-4,7-10,12,14H,5-6,11,13H2,1-2H3,(H,25,29). The van der Waals surface area contributed by atoms with Gasteiger partial charge in [-0.3, -0.25) is 4.79 Å². The van der Waals surface area contributed by atoms with E-state index in [0.717, 1.165) is 23.1 Å². The Balaban J connectivity index is 1.57. The van der Waals surface area contributed by atoms with Gasteiger partial charge in [-0.05, 0) is 43.2 Å². The van der Waals surface area contributed by atoms with Gasteiger partial charge in [-0.15, -0.1) is 11.3 Å². The number of amides is 3. The molecule has 1 aliphatic heterocycles. The van der Waals surface area contributed by atoms with Gasteiger partial charge in [-0.1, -0.05) is 12.1 Å². The molecule has 1 aliphatic rings. The zero-order chi connectivity index (χ0) is 21.3. The number of carbonyl (C=O) groups is 2. The Morgan fingerprint density at radius 3 is 2.80 bits per heavy atom. The summed E-state index contributed by atoms with van der Waals surface area (Å²) in [7, 11) is 3.45. The summed E-state index contributed by atoms with van der Waals surface area (Å²) in [5.41, 5.74) is 1.88. The first-order valence-corrected chi connectivity index (χ1v) is 10.7. The Morgan fingerprint density at radius 1 is 1.23 bits per heavy atom. The molecule has 3 aromatic rings. The third-order valence-corrected chi connectivity index (χ3v) is 6.32. The molecule has 1 fully saturated rings. The first-order chi connectivity index (χ1) is 14.4. The Kier molecular flexibility index (Phi) is 5.67. The summed E-state index contributed by atoms with van der Waals surface area (Å²) < 4.78 is 15.0. The number of carbonyl (C=O) groups excluding carboxylic acids is 2. The number of thiazole rings is 1. The number of nitrogens with one attached hydrogen (secondary N) is 1. The van der Waals surface area contributed by atoms with Crippen LogP contribution < -0.4 is 5.32 Å². The van der Waals surface area contributed by atoms with E-state index in [2.05, 4.69) is 10.3 Å². The number of anilines is 1. The highest BCUT2D eigenvalue weighted by atomic mass is 32.1. The molecular formula is C22H23FN4O2S. The van der Waals surface area contributed by atoms with Crippen LogP contribution in [0.1, 0.15) is 12.8 Å². The third kappa shape index (κ3) is 4.14. The van der Waals surface area contributed by atoms with Crippen molar-refractivity contribution in [2.75, 3.05) is 32.5 Å². The lowest BCUT2D eigenvalue weighted by Crippen LogP contribution is -2.46. The summed E-state index contributed by atoms with van der Waals surface area (Å²) in [5, 5.41) is 3.54. The zero-order valence-electron chi connectivity index (χ0n) is 16.9. The van der Waals surface area contributed by atoms with E-state index < -0.39 is 5.82 Å². The van der Waals surface area contributed by atoms with E-state index in [1.165, 1.54) is 23.5 Å². The second-order valence-electron chi connectivity index (χ2n) is 7.62. The summed E-state index contributed by atoms with van der Waals surface area (Å²) in [6.45, 7) is 0.960. The molecular weight excluding hydrogens is 403 g/mol. The lowest BCUT2D eigenvalue weighted by Gasteiger charge is -2.33. The summed E-state index contributed by atoms with van der Waals surface area (Å²) in [5.74, 6) is -0.558. The summed E-state index contributed by atoms with van der Waals surface area (Å²) in [6, 6.07) is 11.7. The van der Waals surface area contributed by atoms with Crippen molar-refractivity contribution in [3.05, 3.63) is 48.3 Å². The number of nitrogens with zero attached hydrogens (tertiary/aromatic N) is 3. The van der Waals surface area contributed by atoms with E-state index >= 15 is 0 Å². The largest absolute Gasteiger partial charge is 0.349 e. The van der Waals surface area contributed by atoms with Gasteiger partial charge in [-0.2, -0.15) is 0 Å². The average Bonchev–Trinajstić information content (AvgIpc) is 3.18. The molecule has 6 nitrogen and oxygen atoms in total. The number of para-hydroxylation sites is 1. The van der Waals surface area contributed by atoms with Crippen LogP contribution >= 0.6 is 11.3 Å². The first-order valence-electron chi connectivity index (χ1n) is 9.85. The van der Waals surface area contributed by atoms with E-state index in [0.29, 0.717) is 29.3 Å². The van der Waals surface area contributed by atoms with Crippen LogP contribution in [0.2, 0.25) is 0 Å². The number of fused-ring (bicyclic) bond motifs is 1. The van der Waals surface area contributed by atoms with Crippen molar-refractivity contribution < 1.29 is 14.0 Å².